The van der Waals surface area contributed by atoms with Crippen LogP contribution in [0.2, 0.25) is 0 Å². The number of hydrogen-bond donors (Lipinski definition) is 2. The largest absolute Gasteiger partial charge is 0.354 e. The second-order valence-corrected chi connectivity index (χ2v) is 6.59. The third kappa shape index (κ3) is 6.94. The fourth-order valence-electron chi connectivity index (χ4n) is 3.30. The first-order valence-corrected chi connectivity index (χ1v) is 9.06. The molecule has 1 fully saturated rings. The molecular formula is C17H33IN6. The molecule has 1 saturated carbocycles. The van der Waals surface area contributed by atoms with E-state index in [0.717, 1.165) is 24.2 Å². The smallest absolute Gasteiger partial charge is 0.191 e. The lowest BCUT2D eigenvalue weighted by Gasteiger charge is -2.24. The van der Waals surface area contributed by atoms with Crippen LogP contribution in [0.25, 0.3) is 0 Å². The molecule has 0 aromatic carbocycles. The van der Waals surface area contributed by atoms with E-state index in [1.807, 2.05) is 11.6 Å². The number of aliphatic imine (C=N–C) groups is 1. The van der Waals surface area contributed by atoms with E-state index < -0.39 is 0 Å². The van der Waals surface area contributed by atoms with Crippen LogP contribution in [-0.4, -0.2) is 33.8 Å². The van der Waals surface area contributed by atoms with Gasteiger partial charge in [0.05, 0.1) is 6.54 Å². The third-order valence-corrected chi connectivity index (χ3v) is 4.79. The van der Waals surface area contributed by atoms with Crippen molar-refractivity contribution in [2.24, 2.45) is 10.9 Å². The van der Waals surface area contributed by atoms with Crippen molar-refractivity contribution < 1.29 is 0 Å². The van der Waals surface area contributed by atoms with E-state index in [0.29, 0.717) is 12.6 Å². The first-order chi connectivity index (χ1) is 11.2. The summed E-state index contributed by atoms with van der Waals surface area (Å²) in [5.74, 6) is 2.71. The normalized spacial score (nSPS) is 17.2. The summed E-state index contributed by atoms with van der Waals surface area (Å²) in [5, 5.41) is 14.9. The fraction of sp³-hybridized carbons (Fsp3) is 0.824. The van der Waals surface area contributed by atoms with Gasteiger partial charge in [-0.15, -0.1) is 34.2 Å². The van der Waals surface area contributed by atoms with E-state index in [9.17, 15) is 0 Å². The van der Waals surface area contributed by atoms with E-state index in [4.69, 9.17) is 0 Å². The summed E-state index contributed by atoms with van der Waals surface area (Å²) in [6.07, 6.45) is 11.4. The summed E-state index contributed by atoms with van der Waals surface area (Å²) >= 11 is 0. The number of rotatable bonds is 7. The fourth-order valence-corrected chi connectivity index (χ4v) is 3.30. The van der Waals surface area contributed by atoms with Crippen LogP contribution in [-0.2, 0) is 13.1 Å². The predicted molar refractivity (Wildman–Crippen MR) is 110 cm³/mol. The maximum Gasteiger partial charge on any atom is 0.191 e. The van der Waals surface area contributed by atoms with Crippen LogP contribution in [0.4, 0.5) is 0 Å². The molecule has 1 unspecified atom stereocenters. The predicted octanol–water partition coefficient (Wildman–Crippen LogP) is 3.33. The number of halogens is 1. The first kappa shape index (κ1) is 21.2. The minimum atomic E-state index is 0. The Morgan fingerprint density at radius 2 is 2.12 bits per heavy atom. The highest BCUT2D eigenvalue weighted by Gasteiger charge is 2.15. The maximum atomic E-state index is 4.31. The number of nitrogens with one attached hydrogen (secondary N) is 2. The number of aromatic nitrogens is 3. The second-order valence-electron chi connectivity index (χ2n) is 6.59. The van der Waals surface area contributed by atoms with Gasteiger partial charge in [0.25, 0.3) is 0 Å². The van der Waals surface area contributed by atoms with Gasteiger partial charge in [-0.1, -0.05) is 32.1 Å². The van der Waals surface area contributed by atoms with Crippen molar-refractivity contribution in [1.82, 2.24) is 25.4 Å². The number of nitrogens with zero attached hydrogens (tertiary/aromatic N) is 4. The van der Waals surface area contributed by atoms with Crippen molar-refractivity contribution >= 4 is 29.9 Å². The lowest BCUT2D eigenvalue weighted by molar-refractivity contribution is 0.322. The van der Waals surface area contributed by atoms with E-state index >= 15 is 0 Å². The van der Waals surface area contributed by atoms with Crippen molar-refractivity contribution in [3.8, 4) is 0 Å². The molecule has 0 amide bonds. The average molecular weight is 448 g/mol. The summed E-state index contributed by atoms with van der Waals surface area (Å²) in [6, 6.07) is 0.437. The molecule has 1 aromatic rings. The van der Waals surface area contributed by atoms with Gasteiger partial charge in [-0.3, -0.25) is 4.99 Å². The first-order valence-electron chi connectivity index (χ1n) is 9.06. The standard InChI is InChI=1S/C17H32N6.HI/c1-4-23-13-20-22-16(23)12-19-17(18-3)21-14(2)10-11-15-8-6-5-7-9-15;/h13-15H,4-12H2,1-3H3,(H2,18,19,21);1H. The van der Waals surface area contributed by atoms with Crippen LogP contribution in [0, 0.1) is 5.92 Å². The minimum Gasteiger partial charge on any atom is -0.354 e. The molecule has 1 aliphatic carbocycles. The van der Waals surface area contributed by atoms with Crippen molar-refractivity contribution in [3.05, 3.63) is 12.2 Å². The lowest BCUT2D eigenvalue weighted by Crippen LogP contribution is -2.42. The molecule has 2 rings (SSSR count). The van der Waals surface area contributed by atoms with Crippen LogP contribution in [0.3, 0.4) is 0 Å². The Bertz CT molecular complexity index is 481. The zero-order valence-corrected chi connectivity index (χ0v) is 17.6. The lowest BCUT2D eigenvalue weighted by atomic mass is 9.85. The van der Waals surface area contributed by atoms with Gasteiger partial charge in [0, 0.05) is 19.6 Å². The van der Waals surface area contributed by atoms with Crippen LogP contribution in [0.15, 0.2) is 11.3 Å². The molecule has 6 nitrogen and oxygen atoms in total. The summed E-state index contributed by atoms with van der Waals surface area (Å²) in [5.41, 5.74) is 0. The molecule has 1 aromatic heterocycles. The molecule has 0 radical (unpaired) electrons. The second kappa shape index (κ2) is 11.7. The third-order valence-electron chi connectivity index (χ3n) is 4.79. The van der Waals surface area contributed by atoms with Crippen LogP contribution >= 0.6 is 24.0 Å². The zero-order valence-electron chi connectivity index (χ0n) is 15.3. The molecule has 1 atom stereocenters. The van der Waals surface area contributed by atoms with Gasteiger partial charge in [-0.25, -0.2) is 0 Å². The number of guanidine groups is 1. The minimum absolute atomic E-state index is 0. The van der Waals surface area contributed by atoms with Crippen molar-refractivity contribution in [1.29, 1.82) is 0 Å². The van der Waals surface area contributed by atoms with E-state index in [-0.39, 0.29) is 24.0 Å². The maximum absolute atomic E-state index is 4.31. The average Bonchev–Trinajstić information content (AvgIpc) is 3.05. The van der Waals surface area contributed by atoms with Gasteiger partial charge in [0.15, 0.2) is 11.8 Å². The van der Waals surface area contributed by atoms with Crippen molar-refractivity contribution in [2.45, 2.75) is 77.9 Å². The molecule has 1 aliphatic rings. The van der Waals surface area contributed by atoms with E-state index in [1.165, 1.54) is 44.9 Å². The van der Waals surface area contributed by atoms with Gasteiger partial charge < -0.3 is 15.2 Å². The van der Waals surface area contributed by atoms with E-state index in [2.05, 4.69) is 39.7 Å². The quantitative estimate of drug-likeness (QED) is 0.382. The Morgan fingerprint density at radius 3 is 2.79 bits per heavy atom. The van der Waals surface area contributed by atoms with Gasteiger partial charge in [-0.2, -0.15) is 0 Å². The van der Waals surface area contributed by atoms with Gasteiger partial charge in [0.1, 0.15) is 6.33 Å². The summed E-state index contributed by atoms with van der Waals surface area (Å²) < 4.78 is 2.03. The highest BCUT2D eigenvalue weighted by molar-refractivity contribution is 14.0. The van der Waals surface area contributed by atoms with Gasteiger partial charge in [0.2, 0.25) is 0 Å². The molecule has 2 N–H and O–H groups in total. The van der Waals surface area contributed by atoms with Crippen LogP contribution < -0.4 is 10.6 Å². The highest BCUT2D eigenvalue weighted by Crippen LogP contribution is 2.27. The Labute approximate surface area is 163 Å². The summed E-state index contributed by atoms with van der Waals surface area (Å²) in [6.45, 7) is 5.86. The Morgan fingerprint density at radius 1 is 1.38 bits per heavy atom. The molecule has 1 heterocycles. The zero-order chi connectivity index (χ0) is 16.5. The van der Waals surface area contributed by atoms with Gasteiger partial charge >= 0.3 is 0 Å². The number of hydrogen-bond acceptors (Lipinski definition) is 3. The van der Waals surface area contributed by atoms with Gasteiger partial charge in [-0.05, 0) is 32.6 Å². The summed E-state index contributed by atoms with van der Waals surface area (Å²) in [7, 11) is 1.81. The van der Waals surface area contributed by atoms with Crippen molar-refractivity contribution in [3.63, 3.8) is 0 Å². The molecule has 0 bridgehead atoms. The molecule has 0 saturated heterocycles. The van der Waals surface area contributed by atoms with Crippen molar-refractivity contribution in [2.75, 3.05) is 7.05 Å². The Kier molecular flexibility index (Phi) is 10.3. The molecule has 24 heavy (non-hydrogen) atoms. The SMILES string of the molecule is CCn1cnnc1CNC(=NC)NC(C)CCC1CCCCC1.I. The molecule has 7 heteroatoms. The Balaban J connectivity index is 0.00000288. The Hall–Kier alpha value is -0.860. The van der Waals surface area contributed by atoms with Crippen LogP contribution in [0.5, 0.6) is 0 Å². The monoisotopic (exact) mass is 448 g/mol. The highest BCUT2D eigenvalue weighted by atomic mass is 127. The topological polar surface area (TPSA) is 67.1 Å². The van der Waals surface area contributed by atoms with Crippen LogP contribution in [0.1, 0.15) is 64.6 Å². The molecule has 138 valence electrons. The molecule has 0 aliphatic heterocycles. The summed E-state index contributed by atoms with van der Waals surface area (Å²) in [4.78, 5) is 4.31. The molecule has 0 spiro atoms. The number of aryl methyl sites for hydroxylation is 1. The molecular weight excluding hydrogens is 415 g/mol. The van der Waals surface area contributed by atoms with E-state index in [1.54, 1.807) is 6.33 Å².